The Morgan fingerprint density at radius 3 is 2.38 bits per heavy atom. The molecule has 88 valence electrons. The molecule has 7 heteroatoms. The van der Waals surface area contributed by atoms with Crippen LogP contribution in [0.25, 0.3) is 0 Å². The smallest absolute Gasteiger partial charge is 0.403 e. The van der Waals surface area contributed by atoms with Crippen LogP contribution in [0.4, 0.5) is 17.6 Å². The van der Waals surface area contributed by atoms with Crippen LogP contribution in [0.5, 0.6) is 5.75 Å². The second-order valence-electron chi connectivity index (χ2n) is 2.87. The van der Waals surface area contributed by atoms with Gasteiger partial charge in [-0.1, -0.05) is 0 Å². The molecule has 0 amide bonds. The van der Waals surface area contributed by atoms with E-state index in [2.05, 4.69) is 20.7 Å². The number of hydrogen-bond acceptors (Lipinski definition) is 2. The third-order valence-electron chi connectivity index (χ3n) is 1.63. The minimum atomic E-state index is -4.97. The topological polar surface area (TPSA) is 26.3 Å². The fourth-order valence-electron chi connectivity index (χ4n) is 1.00. The Hall–Kier alpha value is -1.11. The maximum Gasteiger partial charge on any atom is 0.573 e. The molecule has 0 atom stereocenters. The maximum absolute atomic E-state index is 13.1. The molecule has 0 saturated carbocycles. The molecule has 2 nitrogen and oxygen atoms in total. The average Bonchev–Trinajstić information content (AvgIpc) is 2.07. The van der Waals surface area contributed by atoms with Crippen molar-refractivity contribution in [3.63, 3.8) is 0 Å². The molecule has 0 bridgehead atoms. The van der Waals surface area contributed by atoms with Gasteiger partial charge in [-0.25, -0.2) is 4.39 Å². The fraction of sp³-hybridized carbons (Fsp3) is 0.222. The monoisotopic (exact) mass is 300 g/mol. The molecular formula is C9H5BrF4O2. The van der Waals surface area contributed by atoms with Crippen molar-refractivity contribution in [3.05, 3.63) is 28.0 Å². The molecule has 0 spiro atoms. The van der Waals surface area contributed by atoms with Crippen LogP contribution in [-0.4, -0.2) is 12.1 Å². The van der Waals surface area contributed by atoms with E-state index in [1.54, 1.807) is 0 Å². The molecule has 1 aromatic rings. The number of Topliss-reactive ketones (excluding diaryl/α,β-unsaturated/α-hetero) is 1. The Bertz CT molecular complexity index is 428. The number of carbonyl (C=O) groups is 1. The molecule has 0 unspecified atom stereocenters. The average molecular weight is 301 g/mol. The number of halogens is 5. The highest BCUT2D eigenvalue weighted by Gasteiger charge is 2.32. The van der Waals surface area contributed by atoms with Gasteiger partial charge in [0.1, 0.15) is 0 Å². The van der Waals surface area contributed by atoms with E-state index in [1.165, 1.54) is 6.92 Å². The summed E-state index contributed by atoms with van der Waals surface area (Å²) < 4.78 is 52.1. The van der Waals surface area contributed by atoms with Gasteiger partial charge in [-0.2, -0.15) is 0 Å². The summed E-state index contributed by atoms with van der Waals surface area (Å²) >= 11 is 2.85. The van der Waals surface area contributed by atoms with Crippen LogP contribution in [0.1, 0.15) is 17.3 Å². The van der Waals surface area contributed by atoms with Gasteiger partial charge in [-0.05, 0) is 35.0 Å². The van der Waals surface area contributed by atoms with Crippen LogP contribution in [0.2, 0.25) is 0 Å². The van der Waals surface area contributed by atoms with Crippen molar-refractivity contribution in [3.8, 4) is 5.75 Å². The van der Waals surface area contributed by atoms with Crippen molar-refractivity contribution >= 4 is 21.7 Å². The molecule has 0 aliphatic rings. The van der Waals surface area contributed by atoms with Crippen LogP contribution in [0.15, 0.2) is 16.6 Å². The number of ether oxygens (including phenoxy) is 1. The molecule has 0 aliphatic carbocycles. The number of carbonyl (C=O) groups excluding carboxylic acids is 1. The van der Waals surface area contributed by atoms with Crippen molar-refractivity contribution < 1.29 is 27.1 Å². The van der Waals surface area contributed by atoms with Gasteiger partial charge < -0.3 is 4.74 Å². The predicted octanol–water partition coefficient (Wildman–Crippen LogP) is 3.69. The largest absolute Gasteiger partial charge is 0.573 e. The third kappa shape index (κ3) is 3.19. The SMILES string of the molecule is CC(=O)c1cc(F)c(OC(F)(F)F)cc1Br. The minimum absolute atomic E-state index is 0.0423. The second-order valence-corrected chi connectivity index (χ2v) is 3.72. The Morgan fingerprint density at radius 2 is 1.94 bits per heavy atom. The Morgan fingerprint density at radius 1 is 1.38 bits per heavy atom. The van der Waals surface area contributed by atoms with Crippen LogP contribution in [0.3, 0.4) is 0 Å². The normalized spacial score (nSPS) is 11.4. The van der Waals surface area contributed by atoms with Gasteiger partial charge in [0, 0.05) is 10.0 Å². The number of alkyl halides is 3. The lowest BCUT2D eigenvalue weighted by molar-refractivity contribution is -0.275. The van der Waals surface area contributed by atoms with Gasteiger partial charge in [0.05, 0.1) is 0 Å². The summed E-state index contributed by atoms with van der Waals surface area (Å²) in [7, 11) is 0. The zero-order valence-corrected chi connectivity index (χ0v) is 9.45. The van der Waals surface area contributed by atoms with Gasteiger partial charge in [0.15, 0.2) is 17.3 Å². The number of benzene rings is 1. The van der Waals surface area contributed by atoms with Crippen molar-refractivity contribution in [2.45, 2.75) is 13.3 Å². The summed E-state index contributed by atoms with van der Waals surface area (Å²) in [5.41, 5.74) is -0.0491. The van der Waals surface area contributed by atoms with Crippen LogP contribution < -0.4 is 4.74 Å². The standard InChI is InChI=1S/C9H5BrF4O2/c1-4(15)5-2-7(11)8(3-6(5)10)16-9(12,13)14/h2-3H,1H3. The lowest BCUT2D eigenvalue weighted by atomic mass is 10.1. The number of hydrogen-bond donors (Lipinski definition) is 0. The van der Waals surface area contributed by atoms with Crippen LogP contribution in [0, 0.1) is 5.82 Å². The van der Waals surface area contributed by atoms with Gasteiger partial charge in [-0.15, -0.1) is 13.2 Å². The van der Waals surface area contributed by atoms with Gasteiger partial charge in [-0.3, -0.25) is 4.79 Å². The molecular weight excluding hydrogens is 296 g/mol. The lowest BCUT2D eigenvalue weighted by Crippen LogP contribution is -2.18. The first-order valence-electron chi connectivity index (χ1n) is 3.96. The first-order chi connectivity index (χ1) is 7.20. The maximum atomic E-state index is 13.1. The van der Waals surface area contributed by atoms with E-state index in [0.29, 0.717) is 6.07 Å². The van der Waals surface area contributed by atoms with Crippen LogP contribution in [-0.2, 0) is 0 Å². The van der Waals surface area contributed by atoms with Crippen molar-refractivity contribution in [2.75, 3.05) is 0 Å². The molecule has 1 aromatic carbocycles. The Kier molecular flexibility index (Phi) is 3.57. The fourth-order valence-corrected chi connectivity index (χ4v) is 1.60. The predicted molar refractivity (Wildman–Crippen MR) is 50.8 cm³/mol. The summed E-state index contributed by atoms with van der Waals surface area (Å²) in [5, 5.41) is 0. The van der Waals surface area contributed by atoms with Gasteiger partial charge in [0.25, 0.3) is 0 Å². The van der Waals surface area contributed by atoms with E-state index >= 15 is 0 Å². The first kappa shape index (κ1) is 13.0. The molecule has 0 N–H and O–H groups in total. The number of ketones is 1. The molecule has 0 heterocycles. The quantitative estimate of drug-likeness (QED) is 0.615. The van der Waals surface area contributed by atoms with E-state index in [-0.39, 0.29) is 10.0 Å². The summed E-state index contributed by atoms with van der Waals surface area (Å²) in [5.74, 6) is -2.69. The summed E-state index contributed by atoms with van der Waals surface area (Å²) in [6.07, 6.45) is -4.97. The van der Waals surface area contributed by atoms with Crippen LogP contribution >= 0.6 is 15.9 Å². The molecule has 0 fully saturated rings. The van der Waals surface area contributed by atoms with E-state index in [9.17, 15) is 22.4 Å². The highest BCUT2D eigenvalue weighted by molar-refractivity contribution is 9.10. The highest BCUT2D eigenvalue weighted by Crippen LogP contribution is 2.30. The zero-order valence-electron chi connectivity index (χ0n) is 7.86. The zero-order chi connectivity index (χ0) is 12.5. The Labute approximate surface area is 96.3 Å². The van der Waals surface area contributed by atoms with E-state index in [4.69, 9.17) is 0 Å². The molecule has 16 heavy (non-hydrogen) atoms. The third-order valence-corrected chi connectivity index (χ3v) is 2.28. The molecule has 0 aromatic heterocycles. The minimum Gasteiger partial charge on any atom is -0.403 e. The molecule has 0 aliphatic heterocycles. The van der Waals surface area contributed by atoms with E-state index < -0.39 is 23.7 Å². The second kappa shape index (κ2) is 4.40. The molecule has 0 saturated heterocycles. The number of rotatable bonds is 2. The first-order valence-corrected chi connectivity index (χ1v) is 4.75. The van der Waals surface area contributed by atoms with E-state index in [0.717, 1.165) is 6.07 Å². The molecule has 1 rings (SSSR count). The van der Waals surface area contributed by atoms with Crippen molar-refractivity contribution in [2.24, 2.45) is 0 Å². The summed E-state index contributed by atoms with van der Waals surface area (Å²) in [6.45, 7) is 1.17. The Balaban J connectivity index is 3.16. The molecule has 0 radical (unpaired) electrons. The van der Waals surface area contributed by atoms with E-state index in [1.807, 2.05) is 0 Å². The highest BCUT2D eigenvalue weighted by atomic mass is 79.9. The van der Waals surface area contributed by atoms with Crippen molar-refractivity contribution in [1.82, 2.24) is 0 Å². The summed E-state index contributed by atoms with van der Waals surface area (Å²) in [6, 6.07) is 1.45. The van der Waals surface area contributed by atoms with Gasteiger partial charge >= 0.3 is 6.36 Å². The van der Waals surface area contributed by atoms with Gasteiger partial charge in [0.2, 0.25) is 0 Å². The summed E-state index contributed by atoms with van der Waals surface area (Å²) in [4.78, 5) is 11.0. The van der Waals surface area contributed by atoms with Crippen molar-refractivity contribution in [1.29, 1.82) is 0 Å². The lowest BCUT2D eigenvalue weighted by Gasteiger charge is -2.11.